The van der Waals surface area contributed by atoms with Crippen LogP contribution in [0, 0.1) is 0 Å². The fourth-order valence-electron chi connectivity index (χ4n) is 3.37. The van der Waals surface area contributed by atoms with Gasteiger partial charge in [0.25, 0.3) is 0 Å². The van der Waals surface area contributed by atoms with Crippen LogP contribution in [0.25, 0.3) is 0 Å². The monoisotopic (exact) mass is 379 g/mol. The van der Waals surface area contributed by atoms with E-state index in [1.54, 1.807) is 0 Å². The van der Waals surface area contributed by atoms with E-state index in [2.05, 4.69) is 54.3 Å². The molecule has 0 saturated heterocycles. The lowest BCUT2D eigenvalue weighted by Crippen LogP contribution is -2.06. The number of rotatable bonds is 7. The summed E-state index contributed by atoms with van der Waals surface area (Å²) in [4.78, 5) is 9.10. The second-order valence-corrected chi connectivity index (χ2v) is 7.24. The van der Waals surface area contributed by atoms with Crippen LogP contribution in [0.5, 0.6) is 0 Å². The molecule has 0 atom stereocenters. The summed E-state index contributed by atoms with van der Waals surface area (Å²) in [5, 5.41) is 4.17. The molecule has 140 valence electrons. The van der Waals surface area contributed by atoms with E-state index in [1.165, 1.54) is 11.1 Å². The molecule has 27 heavy (non-hydrogen) atoms. The highest BCUT2D eigenvalue weighted by atomic mass is 35.5. The van der Waals surface area contributed by atoms with Crippen molar-refractivity contribution in [2.75, 3.05) is 5.32 Å². The van der Waals surface area contributed by atoms with E-state index in [-0.39, 0.29) is 0 Å². The Morgan fingerprint density at radius 2 is 1.93 bits per heavy atom. The van der Waals surface area contributed by atoms with Crippen LogP contribution < -0.4 is 5.32 Å². The van der Waals surface area contributed by atoms with Gasteiger partial charge in [-0.1, -0.05) is 49.2 Å². The summed E-state index contributed by atoms with van der Waals surface area (Å²) in [5.41, 5.74) is 5.80. The fourth-order valence-corrected chi connectivity index (χ4v) is 3.58. The zero-order valence-electron chi connectivity index (χ0n) is 15.8. The number of halogens is 1. The molecule has 3 nitrogen and oxygen atoms in total. The van der Waals surface area contributed by atoms with Crippen molar-refractivity contribution in [1.29, 1.82) is 0 Å². The van der Waals surface area contributed by atoms with Gasteiger partial charge in [0.1, 0.15) is 5.82 Å². The van der Waals surface area contributed by atoms with Gasteiger partial charge in [-0.3, -0.25) is 4.99 Å². The lowest BCUT2D eigenvalue weighted by molar-refractivity contribution is 0.922. The Bertz CT molecular complexity index is 850. The van der Waals surface area contributed by atoms with Crippen molar-refractivity contribution < 1.29 is 0 Å². The molecule has 0 aromatic heterocycles. The Labute approximate surface area is 166 Å². The molecule has 0 aliphatic heterocycles. The number of nitrogens with one attached hydrogen (secondary N) is 1. The molecular weight excluding hydrogens is 354 g/mol. The highest BCUT2D eigenvalue weighted by Crippen LogP contribution is 2.27. The summed E-state index contributed by atoms with van der Waals surface area (Å²) in [6.07, 6.45) is 5.31. The second-order valence-electron chi connectivity index (χ2n) is 6.80. The third-order valence-corrected chi connectivity index (χ3v) is 4.96. The lowest BCUT2D eigenvalue weighted by atomic mass is 10.1. The largest absolute Gasteiger partial charge is 0.340 e. The van der Waals surface area contributed by atoms with Crippen LogP contribution in [0.4, 0.5) is 5.69 Å². The quantitative estimate of drug-likeness (QED) is 0.552. The van der Waals surface area contributed by atoms with Gasteiger partial charge >= 0.3 is 0 Å². The topological polar surface area (TPSA) is 36.8 Å². The van der Waals surface area contributed by atoms with Crippen molar-refractivity contribution in [3.63, 3.8) is 0 Å². The molecule has 4 heteroatoms. The Morgan fingerprint density at radius 3 is 2.63 bits per heavy atom. The van der Waals surface area contributed by atoms with Crippen LogP contribution in [0.2, 0.25) is 5.02 Å². The first-order chi connectivity index (χ1) is 13.2. The maximum absolute atomic E-state index is 6.07. The van der Waals surface area contributed by atoms with E-state index in [0.29, 0.717) is 6.54 Å². The number of anilines is 1. The van der Waals surface area contributed by atoms with Crippen molar-refractivity contribution in [3.8, 4) is 0 Å². The Hall–Kier alpha value is -2.39. The number of benzene rings is 2. The first-order valence-corrected chi connectivity index (χ1v) is 9.91. The van der Waals surface area contributed by atoms with Crippen molar-refractivity contribution >= 4 is 29.7 Å². The Balaban J connectivity index is 1.77. The molecule has 1 fully saturated rings. The highest BCUT2D eigenvalue weighted by molar-refractivity contribution is 6.30. The predicted octanol–water partition coefficient (Wildman–Crippen LogP) is 6.44. The SMILES string of the molecule is C=N/C(Nc1ccc(CCC)cc1)=C1/CCC/C1=N/Cc1cccc(Cl)c1. The van der Waals surface area contributed by atoms with Gasteiger partial charge in [0.05, 0.1) is 6.54 Å². The molecule has 0 amide bonds. The van der Waals surface area contributed by atoms with Gasteiger partial charge in [0.15, 0.2) is 0 Å². The normalized spacial score (nSPS) is 17.2. The van der Waals surface area contributed by atoms with E-state index in [9.17, 15) is 0 Å². The highest BCUT2D eigenvalue weighted by Gasteiger charge is 2.19. The number of allylic oxidation sites excluding steroid dienone is 1. The molecule has 2 aromatic carbocycles. The smallest absolute Gasteiger partial charge is 0.134 e. The first-order valence-electron chi connectivity index (χ1n) is 9.53. The minimum atomic E-state index is 0.634. The second kappa shape index (κ2) is 9.52. The Morgan fingerprint density at radius 1 is 1.11 bits per heavy atom. The van der Waals surface area contributed by atoms with Gasteiger partial charge in [-0.2, -0.15) is 0 Å². The standard InChI is InChI=1S/C23H26ClN3/c1-3-6-17-11-13-20(14-12-17)27-23(25-2)21-9-5-10-22(21)26-16-18-7-4-8-19(24)15-18/h4,7-8,11-15,27H,2-3,5-6,9-10,16H2,1H3/b23-21+,26-22-. The third-order valence-electron chi connectivity index (χ3n) is 4.73. The predicted molar refractivity (Wildman–Crippen MR) is 117 cm³/mol. The van der Waals surface area contributed by atoms with E-state index in [0.717, 1.165) is 59.9 Å². The molecule has 0 spiro atoms. The minimum Gasteiger partial charge on any atom is -0.340 e. The zero-order chi connectivity index (χ0) is 19.1. The molecule has 1 aliphatic carbocycles. The summed E-state index contributed by atoms with van der Waals surface area (Å²) in [6.45, 7) is 6.60. The molecule has 1 N–H and O–H groups in total. The van der Waals surface area contributed by atoms with Crippen LogP contribution >= 0.6 is 11.6 Å². The fraction of sp³-hybridized carbons (Fsp3) is 0.304. The van der Waals surface area contributed by atoms with E-state index in [1.807, 2.05) is 18.2 Å². The van der Waals surface area contributed by atoms with E-state index < -0.39 is 0 Å². The average Bonchev–Trinajstić information content (AvgIpc) is 3.14. The van der Waals surface area contributed by atoms with Gasteiger partial charge < -0.3 is 5.32 Å². The van der Waals surface area contributed by atoms with Crippen LogP contribution in [0.1, 0.15) is 43.7 Å². The molecule has 1 aliphatic rings. The van der Waals surface area contributed by atoms with Crippen LogP contribution in [-0.2, 0) is 13.0 Å². The van der Waals surface area contributed by atoms with Gasteiger partial charge in [-0.25, -0.2) is 4.99 Å². The minimum absolute atomic E-state index is 0.634. The lowest BCUT2D eigenvalue weighted by Gasteiger charge is -2.11. The molecule has 1 saturated carbocycles. The summed E-state index contributed by atoms with van der Waals surface area (Å²) < 4.78 is 0. The summed E-state index contributed by atoms with van der Waals surface area (Å²) in [5.74, 6) is 0.820. The molecular formula is C23H26ClN3. The van der Waals surface area contributed by atoms with Crippen molar-refractivity contribution in [3.05, 3.63) is 76.1 Å². The van der Waals surface area contributed by atoms with Gasteiger partial charge in [0, 0.05) is 22.0 Å². The summed E-state index contributed by atoms with van der Waals surface area (Å²) >= 11 is 6.07. The maximum Gasteiger partial charge on any atom is 0.134 e. The number of aliphatic imine (C=N–C) groups is 2. The number of hydrogen-bond acceptors (Lipinski definition) is 3. The van der Waals surface area contributed by atoms with Gasteiger partial charge in [0.2, 0.25) is 0 Å². The van der Waals surface area contributed by atoms with Crippen molar-refractivity contribution in [2.24, 2.45) is 9.98 Å². The van der Waals surface area contributed by atoms with Crippen LogP contribution in [-0.4, -0.2) is 12.4 Å². The third kappa shape index (κ3) is 5.30. The molecule has 2 aromatic rings. The van der Waals surface area contributed by atoms with Crippen molar-refractivity contribution in [1.82, 2.24) is 0 Å². The molecule has 0 unspecified atom stereocenters. The number of aryl methyl sites for hydroxylation is 1. The summed E-state index contributed by atoms with van der Waals surface area (Å²) in [6, 6.07) is 16.4. The van der Waals surface area contributed by atoms with E-state index in [4.69, 9.17) is 16.6 Å². The zero-order valence-corrected chi connectivity index (χ0v) is 16.6. The van der Waals surface area contributed by atoms with Crippen molar-refractivity contribution in [2.45, 2.75) is 45.6 Å². The maximum atomic E-state index is 6.07. The number of hydrogen-bond donors (Lipinski definition) is 1. The Kier molecular flexibility index (Phi) is 6.83. The van der Waals surface area contributed by atoms with Crippen LogP contribution in [0.15, 0.2) is 69.9 Å². The number of nitrogens with zero attached hydrogens (tertiary/aromatic N) is 2. The van der Waals surface area contributed by atoms with E-state index >= 15 is 0 Å². The average molecular weight is 380 g/mol. The summed E-state index contributed by atoms with van der Waals surface area (Å²) in [7, 11) is 0. The van der Waals surface area contributed by atoms with Crippen LogP contribution in [0.3, 0.4) is 0 Å². The molecule has 3 rings (SSSR count). The van der Waals surface area contributed by atoms with Gasteiger partial charge in [-0.05, 0) is 67.8 Å². The van der Waals surface area contributed by atoms with Gasteiger partial charge in [-0.15, -0.1) is 0 Å². The molecule has 0 radical (unpaired) electrons. The molecule has 0 bridgehead atoms. The molecule has 0 heterocycles. The first kappa shape index (κ1) is 19.4.